The van der Waals surface area contributed by atoms with Crippen LogP contribution in [0.1, 0.15) is 19.8 Å². The smallest absolute Gasteiger partial charge is 0.232 e. The van der Waals surface area contributed by atoms with Crippen LogP contribution in [-0.2, 0) is 14.6 Å². The Morgan fingerprint density at radius 2 is 2.22 bits per heavy atom. The molecule has 0 saturated carbocycles. The van der Waals surface area contributed by atoms with E-state index in [1.54, 1.807) is 23.7 Å². The quantitative estimate of drug-likeness (QED) is 0.703. The highest BCUT2D eigenvalue weighted by Gasteiger charge is 2.32. The molecule has 1 aliphatic rings. The maximum absolute atomic E-state index is 11.9. The molecule has 0 aliphatic carbocycles. The van der Waals surface area contributed by atoms with Crippen molar-refractivity contribution >= 4 is 27.5 Å². The molecule has 0 bridgehead atoms. The van der Waals surface area contributed by atoms with Gasteiger partial charge in [-0.2, -0.15) is 11.8 Å². The molecule has 1 fully saturated rings. The van der Waals surface area contributed by atoms with E-state index in [-0.39, 0.29) is 29.5 Å². The van der Waals surface area contributed by atoms with E-state index in [1.165, 1.54) is 0 Å². The molecule has 0 aromatic heterocycles. The van der Waals surface area contributed by atoms with Crippen LogP contribution in [0, 0.1) is 0 Å². The van der Waals surface area contributed by atoms with Gasteiger partial charge in [0.25, 0.3) is 0 Å². The molecule has 2 atom stereocenters. The molecular formula is C11H22N2O3S2. The van der Waals surface area contributed by atoms with Crippen molar-refractivity contribution in [1.29, 1.82) is 0 Å². The van der Waals surface area contributed by atoms with Crippen LogP contribution in [0.2, 0.25) is 0 Å². The third-order valence-corrected chi connectivity index (χ3v) is 5.82. The van der Waals surface area contributed by atoms with Crippen LogP contribution in [0.5, 0.6) is 0 Å². The number of rotatable bonds is 6. The van der Waals surface area contributed by atoms with E-state index in [0.29, 0.717) is 12.2 Å². The summed E-state index contributed by atoms with van der Waals surface area (Å²) < 4.78 is 22.7. The third-order valence-electron chi connectivity index (χ3n) is 3.09. The second kappa shape index (κ2) is 6.77. The van der Waals surface area contributed by atoms with E-state index in [1.807, 2.05) is 6.92 Å². The molecule has 1 amide bonds. The Labute approximate surface area is 113 Å². The zero-order chi connectivity index (χ0) is 13.8. The van der Waals surface area contributed by atoms with E-state index in [0.717, 1.165) is 12.2 Å². The van der Waals surface area contributed by atoms with Gasteiger partial charge in [-0.3, -0.25) is 4.79 Å². The van der Waals surface area contributed by atoms with Gasteiger partial charge in [0.2, 0.25) is 5.91 Å². The Bertz CT molecular complexity index is 382. The number of sulfone groups is 1. The van der Waals surface area contributed by atoms with Crippen molar-refractivity contribution in [3.63, 3.8) is 0 Å². The molecule has 1 heterocycles. The molecular weight excluding hydrogens is 272 g/mol. The summed E-state index contributed by atoms with van der Waals surface area (Å²) in [7, 11) is -1.23. The Kier molecular flexibility index (Phi) is 5.94. The van der Waals surface area contributed by atoms with Crippen molar-refractivity contribution < 1.29 is 13.2 Å². The maximum atomic E-state index is 11.9. The maximum Gasteiger partial charge on any atom is 0.232 e. The Hall–Kier alpha value is -0.270. The van der Waals surface area contributed by atoms with Gasteiger partial charge in [0.1, 0.15) is 0 Å². The minimum atomic E-state index is -2.93. The van der Waals surface area contributed by atoms with Gasteiger partial charge in [0.15, 0.2) is 9.84 Å². The molecule has 0 aromatic rings. The standard InChI is InChI=1S/C11H22N2O3S2/c1-9(12)3-5-17-7-11(14)13(2)10-4-6-18(15,16)8-10/h9-10H,3-8,12H2,1-2H3. The summed E-state index contributed by atoms with van der Waals surface area (Å²) in [6, 6.07) is 0.0156. The lowest BCUT2D eigenvalue weighted by atomic mass is 10.2. The van der Waals surface area contributed by atoms with Crippen molar-refractivity contribution in [3.05, 3.63) is 0 Å². The first-order valence-electron chi connectivity index (χ1n) is 6.11. The second-order valence-electron chi connectivity index (χ2n) is 4.88. The van der Waals surface area contributed by atoms with Crippen LogP contribution in [0.25, 0.3) is 0 Å². The third kappa shape index (κ3) is 5.16. The van der Waals surface area contributed by atoms with Gasteiger partial charge in [-0.15, -0.1) is 0 Å². The van der Waals surface area contributed by atoms with Gasteiger partial charge < -0.3 is 10.6 Å². The van der Waals surface area contributed by atoms with Crippen molar-refractivity contribution in [2.45, 2.75) is 31.8 Å². The Morgan fingerprint density at radius 1 is 1.56 bits per heavy atom. The number of hydrogen-bond acceptors (Lipinski definition) is 5. The average molecular weight is 294 g/mol. The lowest BCUT2D eigenvalue weighted by Gasteiger charge is -2.23. The van der Waals surface area contributed by atoms with Gasteiger partial charge in [-0.05, 0) is 25.5 Å². The molecule has 1 aliphatic heterocycles. The largest absolute Gasteiger partial charge is 0.341 e. The zero-order valence-electron chi connectivity index (χ0n) is 11.0. The van der Waals surface area contributed by atoms with Gasteiger partial charge in [0, 0.05) is 19.1 Å². The van der Waals surface area contributed by atoms with E-state index in [9.17, 15) is 13.2 Å². The summed E-state index contributed by atoms with van der Waals surface area (Å²) in [6.45, 7) is 1.94. The molecule has 7 heteroatoms. The summed E-state index contributed by atoms with van der Waals surface area (Å²) in [5.74, 6) is 1.58. The van der Waals surface area contributed by atoms with Crippen LogP contribution < -0.4 is 5.73 Å². The Balaban J connectivity index is 2.29. The molecule has 2 unspecified atom stereocenters. The SMILES string of the molecule is CC(N)CCSCC(=O)N(C)C1CCS(=O)(=O)C1. The average Bonchev–Trinajstić information content (AvgIpc) is 2.63. The van der Waals surface area contributed by atoms with Gasteiger partial charge in [-0.1, -0.05) is 0 Å². The highest BCUT2D eigenvalue weighted by atomic mass is 32.2. The highest BCUT2D eigenvalue weighted by molar-refractivity contribution is 7.99. The fourth-order valence-corrected chi connectivity index (χ4v) is 4.65. The van der Waals surface area contributed by atoms with Crippen molar-refractivity contribution in [1.82, 2.24) is 4.90 Å². The molecule has 0 spiro atoms. The van der Waals surface area contributed by atoms with Gasteiger partial charge in [0.05, 0.1) is 17.3 Å². The molecule has 0 radical (unpaired) electrons. The topological polar surface area (TPSA) is 80.5 Å². The Morgan fingerprint density at radius 3 is 2.72 bits per heavy atom. The van der Waals surface area contributed by atoms with Gasteiger partial charge >= 0.3 is 0 Å². The first-order chi connectivity index (χ1) is 8.32. The summed E-state index contributed by atoms with van der Waals surface area (Å²) in [6.07, 6.45) is 1.45. The van der Waals surface area contributed by atoms with Crippen LogP contribution >= 0.6 is 11.8 Å². The number of hydrogen-bond donors (Lipinski definition) is 1. The molecule has 2 N–H and O–H groups in total. The van der Waals surface area contributed by atoms with Crippen molar-refractivity contribution in [2.24, 2.45) is 5.73 Å². The van der Waals surface area contributed by atoms with Crippen molar-refractivity contribution in [3.8, 4) is 0 Å². The minimum absolute atomic E-state index is 0.00627. The monoisotopic (exact) mass is 294 g/mol. The number of carbonyl (C=O) groups is 1. The first kappa shape index (κ1) is 15.8. The molecule has 18 heavy (non-hydrogen) atoms. The van der Waals surface area contributed by atoms with Crippen LogP contribution in [0.4, 0.5) is 0 Å². The minimum Gasteiger partial charge on any atom is -0.341 e. The molecule has 1 saturated heterocycles. The van der Waals surface area contributed by atoms with E-state index < -0.39 is 9.84 Å². The van der Waals surface area contributed by atoms with E-state index in [4.69, 9.17) is 5.73 Å². The summed E-state index contributed by atoms with van der Waals surface area (Å²) in [5, 5.41) is 0. The number of amides is 1. The van der Waals surface area contributed by atoms with Gasteiger partial charge in [-0.25, -0.2) is 8.42 Å². The van der Waals surface area contributed by atoms with E-state index >= 15 is 0 Å². The molecule has 0 aromatic carbocycles. The summed E-state index contributed by atoms with van der Waals surface area (Å²) >= 11 is 1.56. The normalized spacial score (nSPS) is 23.8. The lowest BCUT2D eigenvalue weighted by Crippen LogP contribution is -2.38. The first-order valence-corrected chi connectivity index (χ1v) is 9.09. The highest BCUT2D eigenvalue weighted by Crippen LogP contribution is 2.17. The second-order valence-corrected chi connectivity index (χ2v) is 8.21. The number of thioether (sulfide) groups is 1. The van der Waals surface area contributed by atoms with Crippen molar-refractivity contribution in [2.75, 3.05) is 30.1 Å². The van der Waals surface area contributed by atoms with E-state index in [2.05, 4.69) is 0 Å². The lowest BCUT2D eigenvalue weighted by molar-refractivity contribution is -0.128. The molecule has 1 rings (SSSR count). The van der Waals surface area contributed by atoms with Crippen LogP contribution in [0.15, 0.2) is 0 Å². The predicted molar refractivity (Wildman–Crippen MR) is 75.4 cm³/mol. The van der Waals surface area contributed by atoms with Crippen LogP contribution in [0.3, 0.4) is 0 Å². The fourth-order valence-electron chi connectivity index (χ4n) is 1.81. The number of nitrogens with zero attached hydrogens (tertiary/aromatic N) is 1. The number of nitrogens with two attached hydrogens (primary N) is 1. The summed E-state index contributed by atoms with van der Waals surface area (Å²) in [4.78, 5) is 13.5. The molecule has 5 nitrogen and oxygen atoms in total. The molecule has 106 valence electrons. The van der Waals surface area contributed by atoms with Crippen LogP contribution in [-0.4, -0.2) is 61.4 Å². The zero-order valence-corrected chi connectivity index (χ0v) is 12.6. The fraction of sp³-hybridized carbons (Fsp3) is 0.909. The predicted octanol–water partition coefficient (Wildman–Crippen LogP) is 0.102. The number of carbonyl (C=O) groups excluding carboxylic acids is 1. The summed E-state index contributed by atoms with van der Waals surface area (Å²) in [5.41, 5.74) is 5.62.